The number of pyridine rings is 1. The number of hydrogen-bond acceptors (Lipinski definition) is 5. The average Bonchev–Trinajstić information content (AvgIpc) is 2.92. The fourth-order valence-corrected chi connectivity index (χ4v) is 5.03. The van der Waals surface area contributed by atoms with Crippen LogP contribution < -0.4 is 5.32 Å². The zero-order valence-corrected chi connectivity index (χ0v) is 22.1. The molecular formula is C27H29N4O7P. The normalized spacial score (nSPS) is 14.5. The SMILES string of the molecule is Cc1ccc(-c2cc(-c3ccccc3)cc(C(=O)N[C@@H](CP(=O)(O)O)C(=O)N3CCN(C(=O)O)CC3)n2)cc1. The summed E-state index contributed by atoms with van der Waals surface area (Å²) in [5, 5.41) is 11.6. The van der Waals surface area contributed by atoms with E-state index in [4.69, 9.17) is 5.11 Å². The van der Waals surface area contributed by atoms with Gasteiger partial charge in [-0.1, -0.05) is 60.2 Å². The van der Waals surface area contributed by atoms with Crippen LogP contribution in [-0.4, -0.2) is 86.0 Å². The Bertz CT molecular complexity index is 1400. The Hall–Kier alpha value is -4.05. The van der Waals surface area contributed by atoms with E-state index in [-0.39, 0.29) is 31.9 Å². The molecule has 3 amide bonds. The summed E-state index contributed by atoms with van der Waals surface area (Å²) in [5.41, 5.74) is 3.86. The number of nitrogens with one attached hydrogen (secondary N) is 1. The van der Waals surface area contributed by atoms with Crippen molar-refractivity contribution in [2.45, 2.75) is 13.0 Å². The molecule has 1 aliphatic rings. The molecule has 0 radical (unpaired) electrons. The number of piperazine rings is 1. The highest BCUT2D eigenvalue weighted by molar-refractivity contribution is 7.51. The molecule has 204 valence electrons. The Morgan fingerprint density at radius 2 is 1.51 bits per heavy atom. The number of benzene rings is 2. The van der Waals surface area contributed by atoms with Gasteiger partial charge in [0, 0.05) is 31.7 Å². The minimum absolute atomic E-state index is 0.0221. The molecule has 1 fully saturated rings. The standard InChI is InChI=1S/C27H29N4O7P/c1-18-7-9-20(10-8-18)22-15-21(19-5-3-2-4-6-19)16-23(28-22)25(32)29-24(17-39(36,37)38)26(33)30-11-13-31(14-12-30)27(34)35/h2-10,15-16,24H,11-14,17H2,1H3,(H,29,32)(H,34,35)(H2,36,37,38)/t24-/m0/s1. The van der Waals surface area contributed by atoms with E-state index in [0.29, 0.717) is 11.3 Å². The van der Waals surface area contributed by atoms with Crippen molar-refractivity contribution in [2.24, 2.45) is 0 Å². The number of hydrogen-bond donors (Lipinski definition) is 4. The first-order valence-electron chi connectivity index (χ1n) is 12.3. The van der Waals surface area contributed by atoms with E-state index in [1.54, 1.807) is 6.07 Å². The molecule has 0 unspecified atom stereocenters. The fraction of sp³-hybridized carbons (Fsp3) is 0.259. The summed E-state index contributed by atoms with van der Waals surface area (Å²) < 4.78 is 11.9. The van der Waals surface area contributed by atoms with Gasteiger partial charge >= 0.3 is 13.7 Å². The molecule has 12 heteroatoms. The minimum atomic E-state index is -4.71. The summed E-state index contributed by atoms with van der Waals surface area (Å²) in [4.78, 5) is 64.0. The van der Waals surface area contributed by atoms with Crippen LogP contribution in [0.25, 0.3) is 22.4 Å². The van der Waals surface area contributed by atoms with Crippen LogP contribution in [0.1, 0.15) is 16.1 Å². The quantitative estimate of drug-likeness (QED) is 0.326. The molecule has 4 rings (SSSR count). The van der Waals surface area contributed by atoms with Crippen LogP contribution in [0.5, 0.6) is 0 Å². The van der Waals surface area contributed by atoms with E-state index < -0.39 is 37.7 Å². The van der Waals surface area contributed by atoms with Crippen LogP contribution in [0.4, 0.5) is 4.79 Å². The Balaban J connectivity index is 1.64. The number of carbonyl (C=O) groups is 3. The Morgan fingerprint density at radius 3 is 2.10 bits per heavy atom. The first-order chi connectivity index (χ1) is 18.5. The summed E-state index contributed by atoms with van der Waals surface area (Å²) in [7, 11) is -4.71. The van der Waals surface area contributed by atoms with Gasteiger partial charge in [-0.2, -0.15) is 0 Å². The fourth-order valence-electron chi connectivity index (χ4n) is 4.31. The van der Waals surface area contributed by atoms with Gasteiger partial charge in [-0.05, 0) is 30.2 Å². The van der Waals surface area contributed by atoms with Crippen LogP contribution in [0, 0.1) is 6.92 Å². The lowest BCUT2D eigenvalue weighted by molar-refractivity contribution is -0.134. The van der Waals surface area contributed by atoms with Gasteiger partial charge < -0.3 is 30.0 Å². The second-order valence-corrected chi connectivity index (χ2v) is 11.0. The molecule has 39 heavy (non-hydrogen) atoms. The first-order valence-corrected chi connectivity index (χ1v) is 14.1. The second kappa shape index (κ2) is 11.8. The molecule has 0 saturated carbocycles. The molecule has 1 atom stereocenters. The molecule has 2 aromatic carbocycles. The third-order valence-electron chi connectivity index (χ3n) is 6.40. The van der Waals surface area contributed by atoms with Crippen molar-refractivity contribution >= 4 is 25.5 Å². The Labute approximate surface area is 225 Å². The molecule has 0 aliphatic carbocycles. The second-order valence-electron chi connectivity index (χ2n) is 9.33. The largest absolute Gasteiger partial charge is 0.465 e. The molecule has 4 N–H and O–H groups in total. The molecule has 0 spiro atoms. The minimum Gasteiger partial charge on any atom is -0.465 e. The van der Waals surface area contributed by atoms with Gasteiger partial charge in [-0.25, -0.2) is 9.78 Å². The Morgan fingerprint density at radius 1 is 0.897 bits per heavy atom. The lowest BCUT2D eigenvalue weighted by Gasteiger charge is -2.35. The van der Waals surface area contributed by atoms with E-state index in [2.05, 4.69) is 10.3 Å². The predicted octanol–water partition coefficient (Wildman–Crippen LogP) is 2.82. The summed E-state index contributed by atoms with van der Waals surface area (Å²) in [6, 6.07) is 18.8. The van der Waals surface area contributed by atoms with Gasteiger partial charge in [-0.3, -0.25) is 14.2 Å². The van der Waals surface area contributed by atoms with E-state index >= 15 is 0 Å². The molecule has 3 aromatic rings. The van der Waals surface area contributed by atoms with Gasteiger partial charge in [0.1, 0.15) is 11.7 Å². The molecule has 11 nitrogen and oxygen atoms in total. The van der Waals surface area contributed by atoms with Gasteiger partial charge in [0.2, 0.25) is 5.91 Å². The van der Waals surface area contributed by atoms with Crippen molar-refractivity contribution in [1.82, 2.24) is 20.1 Å². The van der Waals surface area contributed by atoms with Crippen molar-refractivity contribution in [3.8, 4) is 22.4 Å². The highest BCUT2D eigenvalue weighted by Crippen LogP contribution is 2.35. The van der Waals surface area contributed by atoms with E-state index in [1.807, 2.05) is 67.6 Å². The third-order valence-corrected chi connectivity index (χ3v) is 7.24. The smallest absolute Gasteiger partial charge is 0.407 e. The van der Waals surface area contributed by atoms with Crippen molar-refractivity contribution in [1.29, 1.82) is 0 Å². The van der Waals surface area contributed by atoms with Crippen molar-refractivity contribution < 1.29 is 33.8 Å². The van der Waals surface area contributed by atoms with Crippen molar-refractivity contribution in [3.63, 3.8) is 0 Å². The zero-order chi connectivity index (χ0) is 28.2. The number of amides is 3. The Kier molecular flexibility index (Phi) is 8.44. The number of carboxylic acid groups (broad SMARTS) is 1. The van der Waals surface area contributed by atoms with Gasteiger partial charge in [-0.15, -0.1) is 0 Å². The van der Waals surface area contributed by atoms with Crippen LogP contribution in [-0.2, 0) is 9.36 Å². The van der Waals surface area contributed by atoms with Gasteiger partial charge in [0.25, 0.3) is 5.91 Å². The monoisotopic (exact) mass is 552 g/mol. The maximum absolute atomic E-state index is 13.4. The maximum Gasteiger partial charge on any atom is 0.407 e. The lowest BCUT2D eigenvalue weighted by atomic mass is 10.0. The lowest BCUT2D eigenvalue weighted by Crippen LogP contribution is -2.56. The first kappa shape index (κ1) is 28.0. The topological polar surface area (TPSA) is 160 Å². The van der Waals surface area contributed by atoms with E-state index in [0.717, 1.165) is 21.6 Å². The predicted molar refractivity (Wildman–Crippen MR) is 144 cm³/mol. The third kappa shape index (κ3) is 7.29. The molecule has 1 aromatic heterocycles. The van der Waals surface area contributed by atoms with E-state index in [1.165, 1.54) is 4.90 Å². The van der Waals surface area contributed by atoms with E-state index in [9.17, 15) is 28.7 Å². The van der Waals surface area contributed by atoms with Crippen molar-refractivity contribution in [2.75, 3.05) is 32.3 Å². The summed E-state index contributed by atoms with van der Waals surface area (Å²) >= 11 is 0. The number of carbonyl (C=O) groups excluding carboxylic acids is 2. The van der Waals surface area contributed by atoms with Crippen LogP contribution >= 0.6 is 7.60 Å². The maximum atomic E-state index is 13.4. The number of aryl methyl sites for hydroxylation is 1. The number of rotatable bonds is 7. The van der Waals surface area contributed by atoms with Crippen LogP contribution in [0.15, 0.2) is 66.7 Å². The number of nitrogens with zero attached hydrogens (tertiary/aromatic N) is 3. The molecule has 0 bridgehead atoms. The molecule has 1 saturated heterocycles. The highest BCUT2D eigenvalue weighted by Gasteiger charge is 2.34. The van der Waals surface area contributed by atoms with Crippen LogP contribution in [0.2, 0.25) is 0 Å². The van der Waals surface area contributed by atoms with Crippen molar-refractivity contribution in [3.05, 3.63) is 78.0 Å². The number of aromatic nitrogens is 1. The van der Waals surface area contributed by atoms with Gasteiger partial charge in [0.05, 0.1) is 11.9 Å². The van der Waals surface area contributed by atoms with Crippen LogP contribution in [0.3, 0.4) is 0 Å². The average molecular weight is 553 g/mol. The zero-order valence-electron chi connectivity index (χ0n) is 21.2. The van der Waals surface area contributed by atoms with Gasteiger partial charge in [0.15, 0.2) is 0 Å². The molecule has 2 heterocycles. The summed E-state index contributed by atoms with van der Waals surface area (Å²) in [5.74, 6) is -1.47. The highest BCUT2D eigenvalue weighted by atomic mass is 31.2. The summed E-state index contributed by atoms with van der Waals surface area (Å²) in [6.45, 7) is 2.14. The molecular weight excluding hydrogens is 523 g/mol. The summed E-state index contributed by atoms with van der Waals surface area (Å²) in [6.07, 6.45) is -2.02. The molecule has 1 aliphatic heterocycles.